The molecule has 0 unspecified atom stereocenters. The average Bonchev–Trinajstić information content (AvgIpc) is 2.93. The van der Waals surface area contributed by atoms with E-state index in [1.54, 1.807) is 0 Å². The van der Waals surface area contributed by atoms with E-state index in [1.165, 1.54) is 16.2 Å². The van der Waals surface area contributed by atoms with E-state index >= 15 is 0 Å². The Morgan fingerprint density at radius 2 is 1.11 bits per heavy atom. The first kappa shape index (κ1) is 22.8. The fourth-order valence-electron chi connectivity index (χ4n) is 4.36. The Labute approximate surface area is 217 Å². The second-order valence-electron chi connectivity index (χ2n) is 8.04. The molecule has 0 radical (unpaired) electrons. The Hall–Kier alpha value is -3.94. The van der Waals surface area contributed by atoms with E-state index in [2.05, 4.69) is 69.5 Å². The first-order valence-corrected chi connectivity index (χ1v) is 11.2. The van der Waals surface area contributed by atoms with E-state index < -0.39 is 0 Å². The van der Waals surface area contributed by atoms with Gasteiger partial charge in [0.15, 0.2) is 0 Å². The van der Waals surface area contributed by atoms with E-state index in [1.807, 2.05) is 73.2 Å². The van der Waals surface area contributed by atoms with Crippen molar-refractivity contribution in [3.63, 3.8) is 0 Å². The molecule has 0 bridgehead atoms. The minimum Gasteiger partial charge on any atom is -0.304 e. The monoisotopic (exact) mass is 629 g/mol. The fraction of sp³-hybridized carbons (Fsp3) is 0. The van der Waals surface area contributed by atoms with Crippen LogP contribution >= 0.6 is 0 Å². The van der Waals surface area contributed by atoms with Gasteiger partial charge in [-0.3, -0.25) is 9.97 Å². The third kappa shape index (κ3) is 4.43. The van der Waals surface area contributed by atoms with Gasteiger partial charge in [0.25, 0.3) is 0 Å². The largest absolute Gasteiger partial charge is 0.304 e. The molecule has 0 aliphatic heterocycles. The van der Waals surface area contributed by atoms with Crippen molar-refractivity contribution in [1.82, 2.24) is 15.0 Å². The van der Waals surface area contributed by atoms with Crippen molar-refractivity contribution in [1.29, 1.82) is 0 Å². The van der Waals surface area contributed by atoms with Crippen molar-refractivity contribution < 1.29 is 21.1 Å². The smallest absolute Gasteiger partial charge is 0.0802 e. The van der Waals surface area contributed by atoms with Crippen molar-refractivity contribution in [2.24, 2.45) is 0 Å². The molecule has 3 heterocycles. The molecular formula is C31H20N3Pt-. The molecule has 0 spiro atoms. The van der Waals surface area contributed by atoms with Gasteiger partial charge in [-0.1, -0.05) is 60.7 Å². The van der Waals surface area contributed by atoms with Gasteiger partial charge < -0.3 is 4.98 Å². The Bertz CT molecular complexity index is 1690. The zero-order chi connectivity index (χ0) is 22.7. The molecule has 0 atom stereocenters. The maximum absolute atomic E-state index is 4.52. The number of nitrogens with zero attached hydrogens (tertiary/aromatic N) is 3. The number of hydrogen-bond donors (Lipinski definition) is 0. The van der Waals surface area contributed by atoms with Gasteiger partial charge >= 0.3 is 0 Å². The molecule has 35 heavy (non-hydrogen) atoms. The van der Waals surface area contributed by atoms with Gasteiger partial charge in [-0.05, 0) is 40.1 Å². The molecule has 0 saturated heterocycles. The zero-order valence-corrected chi connectivity index (χ0v) is 21.0. The second kappa shape index (κ2) is 10.1. The van der Waals surface area contributed by atoms with Crippen LogP contribution in [0.4, 0.5) is 0 Å². The molecule has 0 amide bonds. The first-order valence-electron chi connectivity index (χ1n) is 11.2. The molecule has 0 fully saturated rings. The van der Waals surface area contributed by atoms with Gasteiger partial charge in [-0.25, -0.2) is 0 Å². The summed E-state index contributed by atoms with van der Waals surface area (Å²) in [7, 11) is 0. The summed E-state index contributed by atoms with van der Waals surface area (Å²) < 4.78 is 0. The number of benzene rings is 4. The Balaban J connectivity index is 0.000000142. The van der Waals surface area contributed by atoms with Crippen LogP contribution in [0.2, 0.25) is 0 Å². The van der Waals surface area contributed by atoms with E-state index in [-0.39, 0.29) is 21.1 Å². The zero-order valence-electron chi connectivity index (χ0n) is 18.7. The van der Waals surface area contributed by atoms with Gasteiger partial charge in [0, 0.05) is 55.8 Å². The van der Waals surface area contributed by atoms with Crippen molar-refractivity contribution in [2.75, 3.05) is 0 Å². The minimum absolute atomic E-state index is 0. The first-order chi connectivity index (χ1) is 16.9. The Morgan fingerprint density at radius 1 is 0.486 bits per heavy atom. The molecule has 7 aromatic rings. The van der Waals surface area contributed by atoms with Gasteiger partial charge in [0.05, 0.1) is 11.0 Å². The molecule has 4 heteroatoms. The molecule has 4 aromatic carbocycles. The summed E-state index contributed by atoms with van der Waals surface area (Å²) in [5, 5.41) is 7.03. The van der Waals surface area contributed by atoms with Crippen molar-refractivity contribution >= 4 is 43.4 Å². The van der Waals surface area contributed by atoms with E-state index in [4.69, 9.17) is 0 Å². The molecule has 0 saturated carbocycles. The molecule has 0 aliphatic rings. The number of hydrogen-bond acceptors (Lipinski definition) is 3. The predicted octanol–water partition coefficient (Wildman–Crippen LogP) is 7.64. The third-order valence-corrected chi connectivity index (χ3v) is 5.96. The summed E-state index contributed by atoms with van der Waals surface area (Å²) >= 11 is 0. The molecule has 0 N–H and O–H groups in total. The predicted molar refractivity (Wildman–Crippen MR) is 141 cm³/mol. The molecule has 0 aliphatic carbocycles. The van der Waals surface area contributed by atoms with Crippen LogP contribution in [0.3, 0.4) is 0 Å². The van der Waals surface area contributed by atoms with E-state index in [0.717, 1.165) is 38.4 Å². The van der Waals surface area contributed by atoms with Crippen LogP contribution in [0.1, 0.15) is 0 Å². The topological polar surface area (TPSA) is 38.7 Å². The maximum atomic E-state index is 4.52. The molecular weight excluding hydrogens is 609 g/mol. The second-order valence-corrected chi connectivity index (χ2v) is 8.04. The van der Waals surface area contributed by atoms with Crippen LogP contribution in [0.15, 0.2) is 122 Å². The number of rotatable bonds is 1. The minimum atomic E-state index is 0. The SMILES string of the molecule is [Pt].[c-]1ccccc1-c1nccc2ccccc12.c1cnc2c(c1)ccc1ccc3cccnc3c12. The van der Waals surface area contributed by atoms with Gasteiger partial charge in [0.2, 0.25) is 0 Å². The molecule has 7 rings (SSSR count). The Morgan fingerprint density at radius 3 is 1.80 bits per heavy atom. The normalized spacial score (nSPS) is 10.6. The van der Waals surface area contributed by atoms with Crippen molar-refractivity contribution in [2.45, 2.75) is 0 Å². The van der Waals surface area contributed by atoms with Crippen LogP contribution < -0.4 is 0 Å². The quantitative estimate of drug-likeness (QED) is 0.139. The number of fused-ring (bicyclic) bond motifs is 6. The number of aromatic nitrogens is 3. The summed E-state index contributed by atoms with van der Waals surface area (Å²) in [5.41, 5.74) is 4.09. The van der Waals surface area contributed by atoms with Crippen LogP contribution in [0.5, 0.6) is 0 Å². The maximum Gasteiger partial charge on any atom is 0.0802 e. The van der Waals surface area contributed by atoms with E-state index in [0.29, 0.717) is 0 Å². The number of pyridine rings is 3. The summed E-state index contributed by atoms with van der Waals surface area (Å²) in [6, 6.07) is 38.0. The summed E-state index contributed by atoms with van der Waals surface area (Å²) in [5.74, 6) is 0. The molecule has 3 nitrogen and oxygen atoms in total. The third-order valence-electron chi connectivity index (χ3n) is 5.96. The Kier molecular flexibility index (Phi) is 6.61. The summed E-state index contributed by atoms with van der Waals surface area (Å²) in [6.45, 7) is 0. The van der Waals surface area contributed by atoms with Crippen LogP contribution in [0.25, 0.3) is 54.6 Å². The average molecular weight is 630 g/mol. The van der Waals surface area contributed by atoms with Gasteiger partial charge in [-0.2, -0.15) is 0 Å². The van der Waals surface area contributed by atoms with Gasteiger partial charge in [-0.15, -0.1) is 35.9 Å². The molecule has 3 aromatic heterocycles. The van der Waals surface area contributed by atoms with E-state index in [9.17, 15) is 0 Å². The summed E-state index contributed by atoms with van der Waals surface area (Å²) in [6.07, 6.45) is 5.52. The van der Waals surface area contributed by atoms with Crippen LogP contribution in [0, 0.1) is 6.07 Å². The van der Waals surface area contributed by atoms with Crippen LogP contribution in [-0.2, 0) is 21.1 Å². The fourth-order valence-corrected chi connectivity index (χ4v) is 4.36. The van der Waals surface area contributed by atoms with Crippen molar-refractivity contribution in [3.8, 4) is 11.3 Å². The van der Waals surface area contributed by atoms with Gasteiger partial charge in [0.1, 0.15) is 0 Å². The molecule has 170 valence electrons. The summed E-state index contributed by atoms with van der Waals surface area (Å²) in [4.78, 5) is 13.5. The van der Waals surface area contributed by atoms with Crippen LogP contribution in [-0.4, -0.2) is 15.0 Å². The standard InChI is InChI=1S/C16H10N2.C15H10N.Pt/c1-3-12-7-5-11-6-8-13-4-2-10-18-16(13)14(11)15(12)17-9-1;1-2-7-13(8-3-1)15-14-9-5-4-6-12(14)10-11-16-15;/h1-10H;1-7,9-11H;/q;-1;. The van der Waals surface area contributed by atoms with Crippen molar-refractivity contribution in [3.05, 3.63) is 128 Å².